The highest BCUT2D eigenvalue weighted by Gasteiger charge is 2.45. The average molecular weight is 379 g/mol. The van der Waals surface area contributed by atoms with Gasteiger partial charge in [0.25, 0.3) is 0 Å². The van der Waals surface area contributed by atoms with E-state index in [1.165, 1.54) is 12.8 Å². The number of hydrogen-bond donors (Lipinski definition) is 3. The summed E-state index contributed by atoms with van der Waals surface area (Å²) >= 11 is 0. The Bertz CT molecular complexity index is 570. The first kappa shape index (κ1) is 19.5. The topological polar surface area (TPSA) is 59.9 Å². The van der Waals surface area contributed by atoms with Crippen LogP contribution in [0.5, 0.6) is 0 Å². The molecular formula is C21H35FN4O. The minimum absolute atomic E-state index is 0.0893. The second-order valence-electron chi connectivity index (χ2n) is 9.03. The number of piperidine rings is 1. The Morgan fingerprint density at radius 3 is 2.93 bits per heavy atom. The van der Waals surface area contributed by atoms with E-state index in [1.807, 2.05) is 14.0 Å². The highest BCUT2D eigenvalue weighted by atomic mass is 19.1. The molecule has 9 atom stereocenters. The van der Waals surface area contributed by atoms with E-state index in [-0.39, 0.29) is 18.0 Å². The number of aliphatic hydroxyl groups excluding tert-OH is 1. The highest BCUT2D eigenvalue weighted by molar-refractivity contribution is 5.58. The fraction of sp³-hybridized carbons (Fsp3) is 0.857. The van der Waals surface area contributed by atoms with Gasteiger partial charge in [0.05, 0.1) is 18.2 Å². The van der Waals surface area contributed by atoms with E-state index >= 15 is 0 Å². The van der Waals surface area contributed by atoms with Crippen LogP contribution in [0.4, 0.5) is 4.39 Å². The number of halogens is 1. The van der Waals surface area contributed by atoms with Crippen LogP contribution in [0.25, 0.3) is 0 Å². The van der Waals surface area contributed by atoms with E-state index in [2.05, 4.69) is 27.8 Å². The maximum atomic E-state index is 13.9. The molecule has 0 spiro atoms. The SMILES string of the molecule is CNC(O)C1CNC2CCC(C3CCC=NC3C3C=CC(F)C(C)C3)CN21. The molecule has 0 aromatic carbocycles. The Morgan fingerprint density at radius 1 is 1.30 bits per heavy atom. The fourth-order valence-electron chi connectivity index (χ4n) is 5.84. The van der Waals surface area contributed by atoms with Crippen LogP contribution in [-0.2, 0) is 0 Å². The van der Waals surface area contributed by atoms with Crippen LogP contribution in [0.3, 0.4) is 0 Å². The number of fused-ring (bicyclic) bond motifs is 1. The van der Waals surface area contributed by atoms with Gasteiger partial charge >= 0.3 is 0 Å². The Labute approximate surface area is 162 Å². The minimum atomic E-state index is -0.804. The Hall–Kier alpha value is -0.820. The van der Waals surface area contributed by atoms with E-state index in [4.69, 9.17) is 4.99 Å². The van der Waals surface area contributed by atoms with Crippen molar-refractivity contribution in [2.45, 2.75) is 69.7 Å². The van der Waals surface area contributed by atoms with Crippen molar-refractivity contribution in [3.63, 3.8) is 0 Å². The van der Waals surface area contributed by atoms with Gasteiger partial charge in [-0.25, -0.2) is 4.39 Å². The van der Waals surface area contributed by atoms with E-state index in [9.17, 15) is 9.50 Å². The van der Waals surface area contributed by atoms with Crippen LogP contribution in [0.15, 0.2) is 17.1 Å². The van der Waals surface area contributed by atoms with Gasteiger partial charge in [-0.05, 0) is 69.0 Å². The fourth-order valence-corrected chi connectivity index (χ4v) is 5.84. The summed E-state index contributed by atoms with van der Waals surface area (Å²) in [6.45, 7) is 3.88. The molecule has 4 rings (SSSR count). The van der Waals surface area contributed by atoms with Crippen LogP contribution in [-0.4, -0.2) is 67.0 Å². The van der Waals surface area contributed by atoms with Gasteiger partial charge in [-0.2, -0.15) is 0 Å². The van der Waals surface area contributed by atoms with Gasteiger partial charge in [0.2, 0.25) is 0 Å². The molecule has 27 heavy (non-hydrogen) atoms. The van der Waals surface area contributed by atoms with Gasteiger partial charge in [-0.1, -0.05) is 19.1 Å². The van der Waals surface area contributed by atoms with Crippen LogP contribution < -0.4 is 10.6 Å². The normalized spacial score (nSPS) is 46.4. The molecule has 4 aliphatic rings. The predicted molar refractivity (Wildman–Crippen MR) is 106 cm³/mol. The number of aliphatic imine (C=N–C) groups is 1. The zero-order valence-electron chi connectivity index (χ0n) is 16.6. The zero-order chi connectivity index (χ0) is 19.0. The van der Waals surface area contributed by atoms with E-state index in [0.717, 1.165) is 32.4 Å². The monoisotopic (exact) mass is 378 g/mol. The smallest absolute Gasteiger partial charge is 0.121 e. The van der Waals surface area contributed by atoms with Crippen molar-refractivity contribution < 1.29 is 9.50 Å². The number of allylic oxidation sites excluding steroid dienone is 1. The van der Waals surface area contributed by atoms with Crippen molar-refractivity contribution in [2.75, 3.05) is 20.1 Å². The molecule has 0 saturated carbocycles. The molecule has 2 fully saturated rings. The second kappa shape index (κ2) is 8.27. The quantitative estimate of drug-likeness (QED) is 0.517. The lowest BCUT2D eigenvalue weighted by molar-refractivity contribution is 0.00150. The first-order chi connectivity index (χ1) is 13.1. The number of nitrogens with zero attached hydrogens (tertiary/aromatic N) is 2. The molecule has 0 amide bonds. The van der Waals surface area contributed by atoms with Gasteiger partial charge in [0.15, 0.2) is 0 Å². The van der Waals surface area contributed by atoms with Crippen LogP contribution >= 0.6 is 0 Å². The Balaban J connectivity index is 1.48. The lowest BCUT2D eigenvalue weighted by Gasteiger charge is -2.45. The summed E-state index contributed by atoms with van der Waals surface area (Å²) < 4.78 is 13.9. The number of alkyl halides is 1. The second-order valence-corrected chi connectivity index (χ2v) is 9.03. The molecule has 3 N–H and O–H groups in total. The lowest BCUT2D eigenvalue weighted by atomic mass is 9.70. The first-order valence-corrected chi connectivity index (χ1v) is 10.8. The number of hydrogen-bond acceptors (Lipinski definition) is 5. The molecular weight excluding hydrogens is 343 g/mol. The molecule has 9 unspecified atom stereocenters. The summed E-state index contributed by atoms with van der Waals surface area (Å²) in [4.78, 5) is 7.40. The third-order valence-electron chi connectivity index (χ3n) is 7.42. The third kappa shape index (κ3) is 3.86. The van der Waals surface area contributed by atoms with Gasteiger partial charge in [0.1, 0.15) is 12.4 Å². The van der Waals surface area contributed by atoms with E-state index in [1.54, 1.807) is 6.08 Å². The summed E-state index contributed by atoms with van der Waals surface area (Å²) in [5, 5.41) is 16.9. The summed E-state index contributed by atoms with van der Waals surface area (Å²) in [5.74, 6) is 1.61. The molecule has 5 nitrogen and oxygen atoms in total. The van der Waals surface area contributed by atoms with E-state index in [0.29, 0.717) is 23.9 Å². The third-order valence-corrected chi connectivity index (χ3v) is 7.42. The molecule has 0 radical (unpaired) electrons. The summed E-state index contributed by atoms with van der Waals surface area (Å²) in [7, 11) is 1.82. The van der Waals surface area contributed by atoms with Crippen molar-refractivity contribution in [1.29, 1.82) is 0 Å². The number of rotatable bonds is 4. The van der Waals surface area contributed by atoms with Gasteiger partial charge in [-0.15, -0.1) is 0 Å². The largest absolute Gasteiger partial charge is 0.377 e. The summed E-state index contributed by atoms with van der Waals surface area (Å²) in [5.41, 5.74) is 0. The number of nitrogens with one attached hydrogen (secondary N) is 2. The van der Waals surface area contributed by atoms with E-state index < -0.39 is 12.4 Å². The average Bonchev–Trinajstić information content (AvgIpc) is 3.12. The van der Waals surface area contributed by atoms with Crippen LogP contribution in [0.2, 0.25) is 0 Å². The number of likely N-dealkylation sites (N-methyl/N-ethyl adjacent to an activating group) is 1. The Morgan fingerprint density at radius 2 is 2.15 bits per heavy atom. The number of aliphatic hydroxyl groups is 1. The summed E-state index contributed by atoms with van der Waals surface area (Å²) in [6, 6.07) is 0.421. The van der Waals surface area contributed by atoms with Gasteiger partial charge in [-0.3, -0.25) is 20.5 Å². The van der Waals surface area contributed by atoms with Crippen molar-refractivity contribution in [1.82, 2.24) is 15.5 Å². The minimum Gasteiger partial charge on any atom is -0.377 e. The standard InChI is InChI=1S/C21H35FN4O/c1-13-10-14(5-7-17(13)22)20-16(4-3-9-24-20)15-6-8-19-25-11-18(21(27)23-2)26(19)12-15/h5,7,9,13-21,23,25,27H,3-4,6,8,10-12H2,1-2H3. The van der Waals surface area contributed by atoms with Crippen LogP contribution in [0, 0.1) is 23.7 Å². The van der Waals surface area contributed by atoms with Crippen molar-refractivity contribution in [2.24, 2.45) is 28.7 Å². The van der Waals surface area contributed by atoms with Crippen molar-refractivity contribution in [3.8, 4) is 0 Å². The molecule has 0 aromatic rings. The first-order valence-electron chi connectivity index (χ1n) is 10.8. The Kier molecular flexibility index (Phi) is 5.97. The van der Waals surface area contributed by atoms with Crippen molar-refractivity contribution >= 4 is 6.21 Å². The maximum absolute atomic E-state index is 13.9. The molecule has 1 aliphatic carbocycles. The molecule has 152 valence electrons. The van der Waals surface area contributed by atoms with Gasteiger partial charge in [0, 0.05) is 13.1 Å². The maximum Gasteiger partial charge on any atom is 0.121 e. The van der Waals surface area contributed by atoms with Crippen LogP contribution in [0.1, 0.15) is 39.0 Å². The molecule has 6 heteroatoms. The zero-order valence-corrected chi connectivity index (χ0v) is 16.6. The summed E-state index contributed by atoms with van der Waals surface area (Å²) in [6.07, 6.45) is 10.5. The molecule has 0 bridgehead atoms. The highest BCUT2D eigenvalue weighted by Crippen LogP contribution is 2.41. The lowest BCUT2D eigenvalue weighted by Crippen LogP contribution is -2.54. The molecule has 0 aromatic heterocycles. The molecule has 3 aliphatic heterocycles. The molecule has 2 saturated heterocycles. The predicted octanol–water partition coefficient (Wildman–Crippen LogP) is 1.93. The van der Waals surface area contributed by atoms with Crippen molar-refractivity contribution in [3.05, 3.63) is 12.2 Å². The van der Waals surface area contributed by atoms with Gasteiger partial charge < -0.3 is 5.11 Å². The molecule has 3 heterocycles.